The fourth-order valence-corrected chi connectivity index (χ4v) is 2.60. The largest absolute Gasteiger partial charge is 0.481 e. The molecule has 0 radical (unpaired) electrons. The van der Waals surface area contributed by atoms with Gasteiger partial charge in [0.05, 0.1) is 0 Å². The number of nitro groups is 1. The van der Waals surface area contributed by atoms with Crippen LogP contribution in [0.25, 0.3) is 0 Å². The van der Waals surface area contributed by atoms with E-state index in [0.29, 0.717) is 25.7 Å². The van der Waals surface area contributed by atoms with Gasteiger partial charge < -0.3 is 5.11 Å². The van der Waals surface area contributed by atoms with Crippen molar-refractivity contribution in [2.75, 3.05) is 6.54 Å². The highest BCUT2D eigenvalue weighted by molar-refractivity contribution is 5.83. The standard InChI is InChI=1S/C12H19NO5/c14-11-7-6-9(8-13(17)18)10(11)4-2-1-3-5-12(15)16/h9-10H,1-8H2,(H,15,16). The first-order valence-corrected chi connectivity index (χ1v) is 6.37. The van der Waals surface area contributed by atoms with Crippen LogP contribution in [-0.4, -0.2) is 28.3 Å². The second kappa shape index (κ2) is 7.08. The summed E-state index contributed by atoms with van der Waals surface area (Å²) in [4.78, 5) is 32.1. The molecule has 1 rings (SSSR count). The van der Waals surface area contributed by atoms with Gasteiger partial charge in [0.2, 0.25) is 6.54 Å². The highest BCUT2D eigenvalue weighted by Crippen LogP contribution is 2.32. The fourth-order valence-electron chi connectivity index (χ4n) is 2.60. The van der Waals surface area contributed by atoms with Crippen LogP contribution in [0.4, 0.5) is 0 Å². The van der Waals surface area contributed by atoms with Gasteiger partial charge in [0, 0.05) is 29.6 Å². The molecule has 6 heteroatoms. The average molecular weight is 257 g/mol. The second-order valence-electron chi connectivity index (χ2n) is 4.88. The first-order chi connectivity index (χ1) is 8.50. The van der Waals surface area contributed by atoms with Crippen molar-refractivity contribution in [2.24, 2.45) is 11.8 Å². The Kier molecular flexibility index (Phi) is 5.74. The van der Waals surface area contributed by atoms with Gasteiger partial charge in [-0.3, -0.25) is 19.7 Å². The summed E-state index contributed by atoms with van der Waals surface area (Å²) in [5, 5.41) is 19.0. The minimum absolute atomic E-state index is 0.119. The molecule has 0 spiro atoms. The van der Waals surface area contributed by atoms with Crippen molar-refractivity contribution in [3.8, 4) is 0 Å². The van der Waals surface area contributed by atoms with Crippen LogP contribution in [0, 0.1) is 22.0 Å². The van der Waals surface area contributed by atoms with Crippen molar-refractivity contribution in [1.29, 1.82) is 0 Å². The Hall–Kier alpha value is -1.46. The summed E-state index contributed by atoms with van der Waals surface area (Å²) >= 11 is 0. The van der Waals surface area contributed by atoms with E-state index in [9.17, 15) is 19.7 Å². The lowest BCUT2D eigenvalue weighted by atomic mass is 9.90. The number of carbonyl (C=O) groups excluding carboxylic acids is 1. The van der Waals surface area contributed by atoms with E-state index in [1.54, 1.807) is 0 Å². The summed E-state index contributed by atoms with van der Waals surface area (Å²) < 4.78 is 0. The van der Waals surface area contributed by atoms with Crippen molar-refractivity contribution in [3.05, 3.63) is 10.1 Å². The summed E-state index contributed by atoms with van der Waals surface area (Å²) in [7, 11) is 0. The molecule has 0 amide bonds. The van der Waals surface area contributed by atoms with Crippen LogP contribution in [0.2, 0.25) is 0 Å². The van der Waals surface area contributed by atoms with Crippen LogP contribution < -0.4 is 0 Å². The molecule has 1 aliphatic carbocycles. The molecule has 0 saturated heterocycles. The molecule has 0 aromatic rings. The fraction of sp³-hybridized carbons (Fsp3) is 0.833. The number of unbranched alkanes of at least 4 members (excludes halogenated alkanes) is 2. The minimum atomic E-state index is -0.807. The molecule has 6 nitrogen and oxygen atoms in total. The van der Waals surface area contributed by atoms with E-state index >= 15 is 0 Å². The number of carboxylic acids is 1. The Morgan fingerprint density at radius 3 is 2.72 bits per heavy atom. The van der Waals surface area contributed by atoms with Crippen molar-refractivity contribution < 1.29 is 19.6 Å². The molecular formula is C12H19NO5. The normalized spacial score (nSPS) is 23.2. The number of rotatable bonds is 8. The maximum atomic E-state index is 11.6. The minimum Gasteiger partial charge on any atom is -0.481 e. The third-order valence-electron chi connectivity index (χ3n) is 3.53. The average Bonchev–Trinajstić information content (AvgIpc) is 2.59. The Morgan fingerprint density at radius 1 is 1.39 bits per heavy atom. The number of ketones is 1. The van der Waals surface area contributed by atoms with E-state index in [1.165, 1.54) is 0 Å². The lowest BCUT2D eigenvalue weighted by Gasteiger charge is -2.14. The quantitative estimate of drug-likeness (QED) is 0.407. The van der Waals surface area contributed by atoms with Crippen LogP contribution in [0.15, 0.2) is 0 Å². The number of carboxylic acid groups (broad SMARTS) is 1. The second-order valence-corrected chi connectivity index (χ2v) is 4.88. The van der Waals surface area contributed by atoms with Gasteiger partial charge in [0.1, 0.15) is 5.78 Å². The molecule has 1 fully saturated rings. The van der Waals surface area contributed by atoms with Gasteiger partial charge in [-0.1, -0.05) is 12.8 Å². The van der Waals surface area contributed by atoms with Gasteiger partial charge in [0.15, 0.2) is 0 Å². The highest BCUT2D eigenvalue weighted by atomic mass is 16.6. The van der Waals surface area contributed by atoms with Gasteiger partial charge in [-0.2, -0.15) is 0 Å². The molecule has 0 bridgehead atoms. The Morgan fingerprint density at radius 2 is 2.11 bits per heavy atom. The maximum Gasteiger partial charge on any atom is 0.303 e. The molecule has 0 aromatic carbocycles. The van der Waals surface area contributed by atoms with E-state index in [-0.39, 0.29) is 35.5 Å². The van der Waals surface area contributed by atoms with Gasteiger partial charge in [0.25, 0.3) is 0 Å². The topological polar surface area (TPSA) is 97.5 Å². The molecule has 1 aliphatic rings. The van der Waals surface area contributed by atoms with Crippen LogP contribution in [0.5, 0.6) is 0 Å². The van der Waals surface area contributed by atoms with Crippen molar-refractivity contribution >= 4 is 11.8 Å². The van der Waals surface area contributed by atoms with E-state index in [4.69, 9.17) is 5.11 Å². The lowest BCUT2D eigenvalue weighted by Crippen LogP contribution is -2.21. The van der Waals surface area contributed by atoms with Gasteiger partial charge in [-0.25, -0.2) is 0 Å². The zero-order valence-electron chi connectivity index (χ0n) is 10.3. The van der Waals surface area contributed by atoms with Crippen molar-refractivity contribution in [2.45, 2.75) is 44.9 Å². The van der Waals surface area contributed by atoms with Gasteiger partial charge in [-0.05, 0) is 19.3 Å². The molecule has 0 aromatic heterocycles. The number of hydrogen-bond acceptors (Lipinski definition) is 4. The molecule has 1 N–H and O–H groups in total. The number of carbonyl (C=O) groups is 2. The lowest BCUT2D eigenvalue weighted by molar-refractivity contribution is -0.489. The first-order valence-electron chi connectivity index (χ1n) is 6.37. The molecule has 1 saturated carbocycles. The molecule has 0 heterocycles. The number of aliphatic carboxylic acids is 1. The summed E-state index contributed by atoms with van der Waals surface area (Å²) in [6.07, 6.45) is 4.04. The van der Waals surface area contributed by atoms with Crippen molar-refractivity contribution in [1.82, 2.24) is 0 Å². The summed E-state index contributed by atoms with van der Waals surface area (Å²) in [6, 6.07) is 0. The maximum absolute atomic E-state index is 11.6. The van der Waals surface area contributed by atoms with Gasteiger partial charge in [-0.15, -0.1) is 0 Å². The van der Waals surface area contributed by atoms with Crippen LogP contribution in [-0.2, 0) is 9.59 Å². The zero-order chi connectivity index (χ0) is 13.5. The smallest absolute Gasteiger partial charge is 0.303 e. The van der Waals surface area contributed by atoms with E-state index < -0.39 is 5.97 Å². The molecule has 2 atom stereocenters. The Bertz CT molecular complexity index is 328. The molecule has 2 unspecified atom stereocenters. The predicted molar refractivity (Wildman–Crippen MR) is 63.8 cm³/mol. The van der Waals surface area contributed by atoms with Crippen LogP contribution in [0.3, 0.4) is 0 Å². The van der Waals surface area contributed by atoms with E-state index in [1.807, 2.05) is 0 Å². The summed E-state index contributed by atoms with van der Waals surface area (Å²) in [5.41, 5.74) is 0. The predicted octanol–water partition coefficient (Wildman–Crippen LogP) is 1.89. The molecule has 0 aliphatic heterocycles. The molecule has 102 valence electrons. The highest BCUT2D eigenvalue weighted by Gasteiger charge is 2.36. The zero-order valence-corrected chi connectivity index (χ0v) is 10.3. The van der Waals surface area contributed by atoms with E-state index in [0.717, 1.165) is 12.8 Å². The van der Waals surface area contributed by atoms with Gasteiger partial charge >= 0.3 is 5.97 Å². The Labute approximate surface area is 106 Å². The molecular weight excluding hydrogens is 238 g/mol. The number of Topliss-reactive ketones (excluding diaryl/α,β-unsaturated/α-hetero) is 1. The number of hydrogen-bond donors (Lipinski definition) is 1. The summed E-state index contributed by atoms with van der Waals surface area (Å²) in [5.74, 6) is -0.967. The Balaban J connectivity index is 2.27. The monoisotopic (exact) mass is 257 g/mol. The van der Waals surface area contributed by atoms with Crippen LogP contribution >= 0.6 is 0 Å². The van der Waals surface area contributed by atoms with Crippen molar-refractivity contribution in [3.63, 3.8) is 0 Å². The number of nitrogens with zero attached hydrogens (tertiary/aromatic N) is 1. The summed E-state index contributed by atoms with van der Waals surface area (Å²) in [6.45, 7) is -0.120. The SMILES string of the molecule is O=C(O)CCCCCC1C(=O)CCC1C[N+](=O)[O-]. The third kappa shape index (κ3) is 4.81. The third-order valence-corrected chi connectivity index (χ3v) is 3.53. The molecule has 18 heavy (non-hydrogen) atoms. The first kappa shape index (κ1) is 14.6. The van der Waals surface area contributed by atoms with Crippen LogP contribution in [0.1, 0.15) is 44.9 Å². The van der Waals surface area contributed by atoms with E-state index in [2.05, 4.69) is 0 Å².